The van der Waals surface area contributed by atoms with Crippen LogP contribution in [0.2, 0.25) is 10.0 Å². The number of aromatic nitrogens is 2. The van der Waals surface area contributed by atoms with Crippen LogP contribution in [0.4, 0.5) is 0 Å². The van der Waals surface area contributed by atoms with Crippen molar-refractivity contribution in [2.75, 3.05) is 13.2 Å². The van der Waals surface area contributed by atoms with Crippen LogP contribution in [0, 0.1) is 0 Å². The van der Waals surface area contributed by atoms with Gasteiger partial charge in [0.15, 0.2) is 12.4 Å². The molecule has 35 heavy (non-hydrogen) atoms. The van der Waals surface area contributed by atoms with E-state index in [0.717, 1.165) is 30.2 Å². The molecule has 7 nitrogen and oxygen atoms in total. The first-order valence-electron chi connectivity index (χ1n) is 11.4. The highest BCUT2D eigenvalue weighted by Crippen LogP contribution is 2.34. The summed E-state index contributed by atoms with van der Waals surface area (Å²) < 4.78 is 12.5. The number of ether oxygens (including phenoxy) is 2. The fourth-order valence-electron chi connectivity index (χ4n) is 4.15. The molecule has 184 valence electrons. The molecular weight excluding hydrogens is 557 g/mol. The van der Waals surface area contributed by atoms with Crippen molar-refractivity contribution in [2.24, 2.45) is 5.10 Å². The highest BCUT2D eigenvalue weighted by molar-refractivity contribution is 9.10. The quantitative estimate of drug-likeness (QED) is 0.241. The Hall–Kier alpha value is -2.42. The second-order valence-electron chi connectivity index (χ2n) is 8.24. The van der Waals surface area contributed by atoms with Crippen LogP contribution in [-0.2, 0) is 9.53 Å². The lowest BCUT2D eigenvalue weighted by molar-refractivity contribution is -0.145. The normalized spacial score (nSPS) is 14.5. The topological polar surface area (TPSA) is 82.8 Å². The van der Waals surface area contributed by atoms with E-state index in [9.17, 15) is 9.59 Å². The smallest absolute Gasteiger partial charge is 0.344 e. The molecule has 2 aromatic carbocycles. The van der Waals surface area contributed by atoms with Gasteiger partial charge in [-0.25, -0.2) is 9.78 Å². The number of nitrogens with zero attached hydrogens (tertiary/aromatic N) is 3. The van der Waals surface area contributed by atoms with E-state index in [1.54, 1.807) is 25.1 Å². The van der Waals surface area contributed by atoms with Gasteiger partial charge in [-0.2, -0.15) is 9.78 Å². The fraction of sp³-hybridized carbons (Fsp3) is 0.360. The first kappa shape index (κ1) is 25.7. The Morgan fingerprint density at radius 3 is 2.60 bits per heavy atom. The third-order valence-corrected chi connectivity index (χ3v) is 6.84. The summed E-state index contributed by atoms with van der Waals surface area (Å²) >= 11 is 16.1. The third-order valence-electron chi connectivity index (χ3n) is 5.79. The molecular formula is C25H24BrCl2N3O4. The number of carbonyl (C=O) groups excluding carboxylic acids is 1. The summed E-state index contributed by atoms with van der Waals surface area (Å²) in [5.74, 6) is 0.478. The van der Waals surface area contributed by atoms with E-state index in [-0.39, 0.29) is 40.5 Å². The van der Waals surface area contributed by atoms with Crippen LogP contribution in [0.15, 0.2) is 44.7 Å². The monoisotopic (exact) mass is 579 g/mol. The van der Waals surface area contributed by atoms with E-state index in [2.05, 4.69) is 21.0 Å². The van der Waals surface area contributed by atoms with Crippen molar-refractivity contribution in [1.29, 1.82) is 0 Å². The summed E-state index contributed by atoms with van der Waals surface area (Å²) in [5.41, 5.74) is 0.985. The molecule has 1 aliphatic rings. The Balaban J connectivity index is 1.69. The van der Waals surface area contributed by atoms with Gasteiger partial charge in [0, 0.05) is 10.4 Å². The van der Waals surface area contributed by atoms with Crippen molar-refractivity contribution < 1.29 is 14.3 Å². The number of fused-ring (bicyclic) bond motifs is 1. The maximum Gasteiger partial charge on any atom is 0.344 e. The summed E-state index contributed by atoms with van der Waals surface area (Å²) in [6, 6.07) is 8.69. The first-order valence-corrected chi connectivity index (χ1v) is 13.0. The molecule has 1 saturated carbocycles. The molecule has 4 rings (SSSR count). The van der Waals surface area contributed by atoms with Crippen LogP contribution < -0.4 is 10.3 Å². The molecule has 1 aliphatic carbocycles. The Bertz CT molecular complexity index is 1310. The van der Waals surface area contributed by atoms with Gasteiger partial charge in [-0.15, -0.1) is 0 Å². The summed E-state index contributed by atoms with van der Waals surface area (Å²) in [7, 11) is 0. The van der Waals surface area contributed by atoms with Crippen molar-refractivity contribution in [3.05, 3.63) is 66.6 Å². The number of rotatable bonds is 7. The lowest BCUT2D eigenvalue weighted by Crippen LogP contribution is -2.25. The van der Waals surface area contributed by atoms with E-state index in [1.165, 1.54) is 17.3 Å². The third kappa shape index (κ3) is 6.05. The molecule has 10 heteroatoms. The van der Waals surface area contributed by atoms with Crippen LogP contribution in [0.5, 0.6) is 5.75 Å². The Kier molecular flexibility index (Phi) is 8.46. The highest BCUT2D eigenvalue weighted by Gasteiger charge is 2.22. The molecule has 0 radical (unpaired) electrons. The second kappa shape index (κ2) is 11.5. The van der Waals surface area contributed by atoms with E-state index in [1.807, 2.05) is 12.1 Å². The number of esters is 1. The van der Waals surface area contributed by atoms with E-state index >= 15 is 0 Å². The zero-order valence-corrected chi connectivity index (χ0v) is 22.2. The van der Waals surface area contributed by atoms with Crippen molar-refractivity contribution in [3.63, 3.8) is 0 Å². The standard InChI is InChI=1S/C25H24BrCl2N3O4/c1-2-34-22(32)14-35-23-19(27)10-15(11-20(23)28)13-29-31-24(16-6-4-3-5-7-16)30-21-9-8-17(26)12-18(21)25(31)33/h8-13,16H,2-7,14H2,1H3. The predicted octanol–water partition coefficient (Wildman–Crippen LogP) is 6.34. The highest BCUT2D eigenvalue weighted by atomic mass is 79.9. The molecule has 1 aromatic heterocycles. The van der Waals surface area contributed by atoms with Crippen molar-refractivity contribution in [3.8, 4) is 5.75 Å². The fourth-order valence-corrected chi connectivity index (χ4v) is 5.13. The number of hydrogen-bond donors (Lipinski definition) is 0. The van der Waals surface area contributed by atoms with Gasteiger partial charge in [0.1, 0.15) is 5.82 Å². The summed E-state index contributed by atoms with van der Waals surface area (Å²) in [4.78, 5) is 29.8. The molecule has 1 fully saturated rings. The average molecular weight is 581 g/mol. The lowest BCUT2D eigenvalue weighted by Gasteiger charge is -2.22. The number of carbonyl (C=O) groups is 1. The maximum absolute atomic E-state index is 13.4. The number of halogens is 3. The number of benzene rings is 2. The molecule has 0 saturated heterocycles. The summed E-state index contributed by atoms with van der Waals surface area (Å²) in [6.07, 6.45) is 6.84. The summed E-state index contributed by atoms with van der Waals surface area (Å²) in [5, 5.41) is 5.42. The molecule has 0 atom stereocenters. The van der Waals surface area contributed by atoms with Crippen LogP contribution in [-0.4, -0.2) is 35.1 Å². The van der Waals surface area contributed by atoms with Gasteiger partial charge < -0.3 is 9.47 Å². The predicted molar refractivity (Wildman–Crippen MR) is 141 cm³/mol. The van der Waals surface area contributed by atoms with Crippen LogP contribution in [0.25, 0.3) is 10.9 Å². The number of hydrogen-bond acceptors (Lipinski definition) is 6. The Labute approximate surface area is 221 Å². The minimum atomic E-state index is -0.518. The van der Waals surface area contributed by atoms with Gasteiger partial charge in [0.05, 0.1) is 33.8 Å². The van der Waals surface area contributed by atoms with Gasteiger partial charge in [0.25, 0.3) is 5.56 Å². The minimum absolute atomic E-state index is 0.160. The van der Waals surface area contributed by atoms with Gasteiger partial charge in [-0.1, -0.05) is 58.4 Å². The SMILES string of the molecule is CCOC(=O)COc1c(Cl)cc(C=Nn2c(C3CCCCC3)nc3ccc(Br)cc3c2=O)cc1Cl. The molecule has 0 bridgehead atoms. The first-order chi connectivity index (χ1) is 16.9. The van der Waals surface area contributed by atoms with Gasteiger partial charge >= 0.3 is 5.97 Å². The van der Waals surface area contributed by atoms with Crippen molar-refractivity contribution in [2.45, 2.75) is 44.9 Å². The van der Waals surface area contributed by atoms with Crippen LogP contribution >= 0.6 is 39.1 Å². The van der Waals surface area contributed by atoms with E-state index in [4.69, 9.17) is 37.7 Å². The zero-order chi connectivity index (χ0) is 24.9. The lowest BCUT2D eigenvalue weighted by atomic mass is 9.88. The largest absolute Gasteiger partial charge is 0.479 e. The average Bonchev–Trinajstić information content (AvgIpc) is 2.84. The van der Waals surface area contributed by atoms with E-state index in [0.29, 0.717) is 22.3 Å². The second-order valence-corrected chi connectivity index (χ2v) is 9.97. The zero-order valence-electron chi connectivity index (χ0n) is 19.1. The van der Waals surface area contributed by atoms with Gasteiger partial charge in [-0.05, 0) is 55.7 Å². The molecule has 3 aromatic rings. The van der Waals surface area contributed by atoms with Crippen LogP contribution in [0.3, 0.4) is 0 Å². The molecule has 1 heterocycles. The minimum Gasteiger partial charge on any atom is -0.479 e. The molecule has 0 amide bonds. The Morgan fingerprint density at radius 2 is 1.91 bits per heavy atom. The van der Waals surface area contributed by atoms with Gasteiger partial charge in [0.2, 0.25) is 0 Å². The van der Waals surface area contributed by atoms with E-state index < -0.39 is 5.97 Å². The van der Waals surface area contributed by atoms with Gasteiger partial charge in [-0.3, -0.25) is 4.79 Å². The summed E-state index contributed by atoms with van der Waals surface area (Å²) in [6.45, 7) is 1.65. The maximum atomic E-state index is 13.4. The molecule has 0 spiro atoms. The Morgan fingerprint density at radius 1 is 1.20 bits per heavy atom. The molecule has 0 N–H and O–H groups in total. The van der Waals surface area contributed by atoms with Crippen molar-refractivity contribution in [1.82, 2.24) is 9.66 Å². The molecule has 0 unspecified atom stereocenters. The molecule has 0 aliphatic heterocycles. The van der Waals surface area contributed by atoms with Crippen molar-refractivity contribution >= 4 is 62.2 Å². The van der Waals surface area contributed by atoms with Crippen LogP contribution in [0.1, 0.15) is 56.3 Å².